The van der Waals surface area contributed by atoms with Crippen LogP contribution >= 0.6 is 0 Å². The summed E-state index contributed by atoms with van der Waals surface area (Å²) >= 11 is 0. The van der Waals surface area contributed by atoms with E-state index in [4.69, 9.17) is 15.2 Å². The standard InChI is InChI=1S/C12H14N2O2/c1-15-7-8-3-4-9-10(5-8)12(13)14-6-11(9)16-2/h3-6H,7H2,1-2H3,(H2,13,14). The van der Waals surface area contributed by atoms with E-state index in [0.29, 0.717) is 12.4 Å². The minimum atomic E-state index is 0.508. The summed E-state index contributed by atoms with van der Waals surface area (Å²) in [6.45, 7) is 0.562. The van der Waals surface area contributed by atoms with Gasteiger partial charge in [-0.25, -0.2) is 4.98 Å². The molecule has 84 valence electrons. The summed E-state index contributed by atoms with van der Waals surface area (Å²) in [5.41, 5.74) is 6.90. The number of methoxy groups -OCH3 is 2. The van der Waals surface area contributed by atoms with Crippen LogP contribution in [0.5, 0.6) is 5.75 Å². The van der Waals surface area contributed by atoms with Crippen LogP contribution in [-0.2, 0) is 11.3 Å². The van der Waals surface area contributed by atoms with E-state index < -0.39 is 0 Å². The van der Waals surface area contributed by atoms with Crippen LogP contribution in [0.1, 0.15) is 5.56 Å². The summed E-state index contributed by atoms with van der Waals surface area (Å²) in [4.78, 5) is 4.09. The van der Waals surface area contributed by atoms with Gasteiger partial charge in [-0.2, -0.15) is 0 Å². The van der Waals surface area contributed by atoms with Crippen LogP contribution in [0.15, 0.2) is 24.4 Å². The fourth-order valence-corrected chi connectivity index (χ4v) is 1.70. The van der Waals surface area contributed by atoms with Crippen molar-refractivity contribution >= 4 is 16.6 Å². The zero-order valence-electron chi connectivity index (χ0n) is 9.36. The summed E-state index contributed by atoms with van der Waals surface area (Å²) in [6.07, 6.45) is 1.63. The third kappa shape index (κ3) is 1.79. The van der Waals surface area contributed by atoms with Gasteiger partial charge < -0.3 is 15.2 Å². The van der Waals surface area contributed by atoms with Gasteiger partial charge in [-0.1, -0.05) is 12.1 Å². The van der Waals surface area contributed by atoms with Gasteiger partial charge in [0.15, 0.2) is 0 Å². The number of hydrogen-bond donors (Lipinski definition) is 1. The molecule has 2 N–H and O–H groups in total. The maximum absolute atomic E-state index is 5.84. The normalized spacial score (nSPS) is 10.6. The number of nitrogens with two attached hydrogens (primary N) is 1. The molecule has 0 atom stereocenters. The summed E-state index contributed by atoms with van der Waals surface area (Å²) in [5, 5.41) is 1.86. The number of pyridine rings is 1. The number of hydrogen-bond acceptors (Lipinski definition) is 4. The maximum atomic E-state index is 5.84. The lowest BCUT2D eigenvalue weighted by Crippen LogP contribution is -1.96. The molecule has 0 fully saturated rings. The third-order valence-corrected chi connectivity index (χ3v) is 2.48. The molecule has 4 nitrogen and oxygen atoms in total. The second-order valence-corrected chi connectivity index (χ2v) is 3.52. The van der Waals surface area contributed by atoms with Gasteiger partial charge in [0, 0.05) is 17.9 Å². The molecule has 16 heavy (non-hydrogen) atoms. The average molecular weight is 218 g/mol. The van der Waals surface area contributed by atoms with E-state index in [9.17, 15) is 0 Å². The fraction of sp³-hybridized carbons (Fsp3) is 0.250. The first-order valence-electron chi connectivity index (χ1n) is 4.96. The van der Waals surface area contributed by atoms with Gasteiger partial charge in [-0.05, 0) is 11.6 Å². The molecule has 0 spiro atoms. The van der Waals surface area contributed by atoms with Crippen molar-refractivity contribution < 1.29 is 9.47 Å². The van der Waals surface area contributed by atoms with Crippen molar-refractivity contribution in [2.45, 2.75) is 6.61 Å². The van der Waals surface area contributed by atoms with E-state index >= 15 is 0 Å². The van der Waals surface area contributed by atoms with Gasteiger partial charge in [0.1, 0.15) is 11.6 Å². The second-order valence-electron chi connectivity index (χ2n) is 3.52. The third-order valence-electron chi connectivity index (χ3n) is 2.48. The minimum Gasteiger partial charge on any atom is -0.494 e. The van der Waals surface area contributed by atoms with Crippen molar-refractivity contribution in [2.24, 2.45) is 0 Å². The van der Waals surface area contributed by atoms with Crippen LogP contribution in [0, 0.1) is 0 Å². The Labute approximate surface area is 94.0 Å². The van der Waals surface area contributed by atoms with Gasteiger partial charge in [0.05, 0.1) is 19.9 Å². The van der Waals surface area contributed by atoms with Crippen LogP contribution in [0.4, 0.5) is 5.82 Å². The van der Waals surface area contributed by atoms with Crippen molar-refractivity contribution in [1.82, 2.24) is 4.98 Å². The van der Waals surface area contributed by atoms with E-state index in [1.54, 1.807) is 20.4 Å². The van der Waals surface area contributed by atoms with Crippen molar-refractivity contribution in [1.29, 1.82) is 0 Å². The smallest absolute Gasteiger partial charge is 0.145 e. The maximum Gasteiger partial charge on any atom is 0.145 e. The predicted molar refractivity (Wildman–Crippen MR) is 63.4 cm³/mol. The first kappa shape index (κ1) is 10.7. The van der Waals surface area contributed by atoms with E-state index in [0.717, 1.165) is 22.1 Å². The molecule has 0 amide bonds. The zero-order chi connectivity index (χ0) is 11.5. The van der Waals surface area contributed by atoms with Gasteiger partial charge in [-0.15, -0.1) is 0 Å². The molecule has 2 aromatic rings. The van der Waals surface area contributed by atoms with E-state index in [1.165, 1.54) is 0 Å². The zero-order valence-corrected chi connectivity index (χ0v) is 9.36. The quantitative estimate of drug-likeness (QED) is 0.855. The SMILES string of the molecule is COCc1ccc2c(OC)cnc(N)c2c1. The Morgan fingerprint density at radius 1 is 1.25 bits per heavy atom. The molecule has 1 heterocycles. The Balaban J connectivity index is 2.63. The molecule has 1 aromatic carbocycles. The number of anilines is 1. The van der Waals surface area contributed by atoms with Gasteiger partial charge >= 0.3 is 0 Å². The highest BCUT2D eigenvalue weighted by molar-refractivity contribution is 5.95. The highest BCUT2D eigenvalue weighted by Crippen LogP contribution is 2.28. The number of aromatic nitrogens is 1. The molecule has 0 saturated heterocycles. The van der Waals surface area contributed by atoms with Gasteiger partial charge in [0.25, 0.3) is 0 Å². The summed E-state index contributed by atoms with van der Waals surface area (Å²) in [6, 6.07) is 5.94. The van der Waals surface area contributed by atoms with Gasteiger partial charge in [-0.3, -0.25) is 0 Å². The first-order valence-corrected chi connectivity index (χ1v) is 4.96. The molecule has 0 bridgehead atoms. The van der Waals surface area contributed by atoms with E-state index in [2.05, 4.69) is 4.98 Å². The predicted octanol–water partition coefficient (Wildman–Crippen LogP) is 1.97. The Bertz CT molecular complexity index is 512. The Morgan fingerprint density at radius 2 is 2.06 bits per heavy atom. The second kappa shape index (κ2) is 4.37. The molecule has 0 unspecified atom stereocenters. The van der Waals surface area contributed by atoms with Crippen molar-refractivity contribution in [3.8, 4) is 5.75 Å². The first-order chi connectivity index (χ1) is 7.76. The minimum absolute atomic E-state index is 0.508. The van der Waals surface area contributed by atoms with Crippen LogP contribution in [0.2, 0.25) is 0 Å². The van der Waals surface area contributed by atoms with Gasteiger partial charge in [0.2, 0.25) is 0 Å². The molecule has 0 aliphatic rings. The fourth-order valence-electron chi connectivity index (χ4n) is 1.70. The molecular weight excluding hydrogens is 204 g/mol. The summed E-state index contributed by atoms with van der Waals surface area (Å²) in [7, 11) is 3.28. The van der Waals surface area contributed by atoms with Crippen molar-refractivity contribution in [2.75, 3.05) is 20.0 Å². The Hall–Kier alpha value is -1.81. The monoisotopic (exact) mass is 218 g/mol. The number of fused-ring (bicyclic) bond motifs is 1. The lowest BCUT2D eigenvalue weighted by atomic mass is 10.1. The van der Waals surface area contributed by atoms with Crippen LogP contribution in [0.3, 0.4) is 0 Å². The number of ether oxygens (including phenoxy) is 2. The Morgan fingerprint density at radius 3 is 2.75 bits per heavy atom. The molecule has 0 aliphatic heterocycles. The topological polar surface area (TPSA) is 57.4 Å². The lowest BCUT2D eigenvalue weighted by molar-refractivity contribution is 0.185. The molecular formula is C12H14N2O2. The molecule has 0 radical (unpaired) electrons. The number of nitrogens with zero attached hydrogens (tertiary/aromatic N) is 1. The van der Waals surface area contributed by atoms with Crippen LogP contribution in [0.25, 0.3) is 10.8 Å². The summed E-state index contributed by atoms with van der Waals surface area (Å²) in [5.74, 6) is 1.24. The number of rotatable bonds is 3. The molecule has 1 aromatic heterocycles. The lowest BCUT2D eigenvalue weighted by Gasteiger charge is -2.08. The van der Waals surface area contributed by atoms with Crippen LogP contribution in [-0.4, -0.2) is 19.2 Å². The van der Waals surface area contributed by atoms with Crippen molar-refractivity contribution in [3.63, 3.8) is 0 Å². The number of benzene rings is 1. The van der Waals surface area contributed by atoms with E-state index in [1.807, 2.05) is 18.2 Å². The number of nitrogen functional groups attached to an aromatic ring is 1. The largest absolute Gasteiger partial charge is 0.494 e. The molecule has 4 heteroatoms. The van der Waals surface area contributed by atoms with Crippen molar-refractivity contribution in [3.05, 3.63) is 30.0 Å². The van der Waals surface area contributed by atoms with E-state index in [-0.39, 0.29) is 0 Å². The highest BCUT2D eigenvalue weighted by atomic mass is 16.5. The average Bonchev–Trinajstić information content (AvgIpc) is 2.31. The molecule has 0 saturated carbocycles. The molecule has 2 rings (SSSR count). The molecule has 0 aliphatic carbocycles. The highest BCUT2D eigenvalue weighted by Gasteiger charge is 2.06. The van der Waals surface area contributed by atoms with Crippen LogP contribution < -0.4 is 10.5 Å². The Kier molecular flexibility index (Phi) is 2.92. The summed E-state index contributed by atoms with van der Waals surface area (Å²) < 4.78 is 10.3.